The predicted octanol–water partition coefficient (Wildman–Crippen LogP) is 3.31. The number of nitrogens with one attached hydrogen (secondary N) is 1. The average Bonchev–Trinajstić information content (AvgIpc) is 2.70. The molecular formula is C22H29N3O2. The Labute approximate surface area is 162 Å². The molecule has 0 unspecified atom stereocenters. The van der Waals surface area contributed by atoms with E-state index in [-0.39, 0.29) is 11.8 Å². The molecule has 1 N–H and O–H groups in total. The number of benzene rings is 2. The van der Waals surface area contributed by atoms with Gasteiger partial charge in [0.05, 0.1) is 0 Å². The van der Waals surface area contributed by atoms with Crippen molar-refractivity contribution in [3.05, 3.63) is 65.7 Å². The van der Waals surface area contributed by atoms with Crippen molar-refractivity contribution in [1.29, 1.82) is 0 Å². The summed E-state index contributed by atoms with van der Waals surface area (Å²) in [5, 5.41) is 2.86. The molecule has 0 saturated carbocycles. The number of hydrogen-bond acceptors (Lipinski definition) is 3. The summed E-state index contributed by atoms with van der Waals surface area (Å²) in [4.78, 5) is 28.4. The van der Waals surface area contributed by atoms with Gasteiger partial charge in [-0.2, -0.15) is 0 Å². The van der Waals surface area contributed by atoms with Gasteiger partial charge in [0.15, 0.2) is 0 Å². The van der Waals surface area contributed by atoms with Crippen LogP contribution in [-0.4, -0.2) is 43.9 Å². The van der Waals surface area contributed by atoms with Crippen LogP contribution in [0.15, 0.2) is 54.6 Å². The van der Waals surface area contributed by atoms with E-state index in [2.05, 4.69) is 34.5 Å². The summed E-state index contributed by atoms with van der Waals surface area (Å²) in [7, 11) is 4.01. The second-order valence-electron chi connectivity index (χ2n) is 6.69. The Morgan fingerprint density at radius 1 is 0.963 bits per heavy atom. The van der Waals surface area contributed by atoms with E-state index in [0.717, 1.165) is 11.3 Å². The maximum absolute atomic E-state index is 12.5. The molecule has 0 aliphatic rings. The van der Waals surface area contributed by atoms with Crippen molar-refractivity contribution in [1.82, 2.24) is 10.2 Å². The molecule has 0 radical (unpaired) electrons. The van der Waals surface area contributed by atoms with Gasteiger partial charge in [0.25, 0.3) is 5.91 Å². The number of rotatable bonds is 9. The van der Waals surface area contributed by atoms with E-state index in [0.29, 0.717) is 38.0 Å². The van der Waals surface area contributed by atoms with Crippen molar-refractivity contribution in [2.45, 2.75) is 26.3 Å². The molecule has 0 fully saturated rings. The molecule has 27 heavy (non-hydrogen) atoms. The number of anilines is 1. The molecule has 0 saturated heterocycles. The second kappa shape index (κ2) is 10.4. The Balaban J connectivity index is 1.76. The van der Waals surface area contributed by atoms with Crippen molar-refractivity contribution >= 4 is 17.5 Å². The van der Waals surface area contributed by atoms with Crippen molar-refractivity contribution in [3.63, 3.8) is 0 Å². The van der Waals surface area contributed by atoms with E-state index < -0.39 is 0 Å². The Kier molecular flexibility index (Phi) is 7.86. The molecule has 2 aromatic carbocycles. The van der Waals surface area contributed by atoms with Crippen LogP contribution < -0.4 is 10.2 Å². The number of nitrogens with zero attached hydrogens (tertiary/aromatic N) is 2. The summed E-state index contributed by atoms with van der Waals surface area (Å²) in [6, 6.07) is 17.4. The Bertz CT molecular complexity index is 727. The lowest BCUT2D eigenvalue weighted by atomic mass is 10.1. The van der Waals surface area contributed by atoms with Crippen LogP contribution in [0, 0.1) is 0 Å². The zero-order valence-electron chi connectivity index (χ0n) is 16.4. The van der Waals surface area contributed by atoms with Gasteiger partial charge in [0, 0.05) is 51.4 Å². The first-order valence-corrected chi connectivity index (χ1v) is 9.38. The molecule has 2 rings (SSSR count). The summed E-state index contributed by atoms with van der Waals surface area (Å²) in [5.41, 5.74) is 2.90. The van der Waals surface area contributed by atoms with E-state index >= 15 is 0 Å². The monoisotopic (exact) mass is 367 g/mol. The minimum Gasteiger partial charge on any atom is -0.378 e. The first kappa shape index (κ1) is 20.5. The Morgan fingerprint density at radius 2 is 1.63 bits per heavy atom. The van der Waals surface area contributed by atoms with Crippen LogP contribution in [0.25, 0.3) is 0 Å². The van der Waals surface area contributed by atoms with Crippen molar-refractivity contribution < 1.29 is 9.59 Å². The van der Waals surface area contributed by atoms with Gasteiger partial charge in [-0.05, 0) is 43.2 Å². The Hall–Kier alpha value is -2.82. The highest BCUT2D eigenvalue weighted by molar-refractivity contribution is 5.94. The van der Waals surface area contributed by atoms with Gasteiger partial charge in [-0.1, -0.05) is 30.3 Å². The quantitative estimate of drug-likeness (QED) is 0.692. The SMILES string of the molecule is CCN(Cc1ccc(N(C)C)cc1)C(=O)CCCNC(=O)c1ccccc1. The summed E-state index contributed by atoms with van der Waals surface area (Å²) in [6.45, 7) is 3.77. The first-order chi connectivity index (χ1) is 13.0. The number of carbonyl (C=O) groups excluding carboxylic acids is 2. The van der Waals surface area contributed by atoms with Gasteiger partial charge in [-0.25, -0.2) is 0 Å². The van der Waals surface area contributed by atoms with Crippen molar-refractivity contribution in [2.24, 2.45) is 0 Å². The predicted molar refractivity (Wildman–Crippen MR) is 110 cm³/mol. The molecule has 5 nitrogen and oxygen atoms in total. The highest BCUT2D eigenvalue weighted by Crippen LogP contribution is 2.14. The van der Waals surface area contributed by atoms with Crippen LogP contribution in [0.1, 0.15) is 35.7 Å². The van der Waals surface area contributed by atoms with Gasteiger partial charge < -0.3 is 15.1 Å². The minimum absolute atomic E-state index is 0.101. The average molecular weight is 367 g/mol. The summed E-state index contributed by atoms with van der Waals surface area (Å²) < 4.78 is 0. The molecule has 2 aromatic rings. The summed E-state index contributed by atoms with van der Waals surface area (Å²) >= 11 is 0. The maximum atomic E-state index is 12.5. The summed E-state index contributed by atoms with van der Waals surface area (Å²) in [5.74, 6) is 0.0134. The van der Waals surface area contributed by atoms with Crippen LogP contribution in [0.3, 0.4) is 0 Å². The molecule has 0 heterocycles. The number of hydrogen-bond donors (Lipinski definition) is 1. The highest BCUT2D eigenvalue weighted by Gasteiger charge is 2.12. The molecule has 0 atom stereocenters. The topological polar surface area (TPSA) is 52.6 Å². The third kappa shape index (κ3) is 6.44. The van der Waals surface area contributed by atoms with E-state index in [4.69, 9.17) is 0 Å². The summed E-state index contributed by atoms with van der Waals surface area (Å²) in [6.07, 6.45) is 1.06. The molecule has 0 aromatic heterocycles. The van der Waals surface area contributed by atoms with E-state index in [9.17, 15) is 9.59 Å². The Morgan fingerprint density at radius 3 is 2.22 bits per heavy atom. The molecule has 144 valence electrons. The van der Waals surface area contributed by atoms with E-state index in [1.54, 1.807) is 12.1 Å². The minimum atomic E-state index is -0.101. The molecule has 2 amide bonds. The van der Waals surface area contributed by atoms with Crippen LogP contribution >= 0.6 is 0 Å². The molecular weight excluding hydrogens is 338 g/mol. The standard InChI is InChI=1S/C22H29N3O2/c1-4-25(17-18-12-14-20(15-13-18)24(2)3)21(26)11-8-16-23-22(27)19-9-6-5-7-10-19/h5-7,9-10,12-15H,4,8,11,16-17H2,1-3H3,(H,23,27). The largest absolute Gasteiger partial charge is 0.378 e. The van der Waals surface area contributed by atoms with Crippen molar-refractivity contribution in [3.8, 4) is 0 Å². The van der Waals surface area contributed by atoms with Gasteiger partial charge in [-0.3, -0.25) is 9.59 Å². The van der Waals surface area contributed by atoms with E-state index in [1.807, 2.05) is 44.1 Å². The van der Waals surface area contributed by atoms with Crippen LogP contribution in [-0.2, 0) is 11.3 Å². The zero-order valence-corrected chi connectivity index (χ0v) is 16.4. The first-order valence-electron chi connectivity index (χ1n) is 9.38. The van der Waals surface area contributed by atoms with Crippen LogP contribution in [0.4, 0.5) is 5.69 Å². The molecule has 0 bridgehead atoms. The van der Waals surface area contributed by atoms with Gasteiger partial charge >= 0.3 is 0 Å². The molecule has 5 heteroatoms. The fourth-order valence-electron chi connectivity index (χ4n) is 2.79. The van der Waals surface area contributed by atoms with Crippen molar-refractivity contribution in [2.75, 3.05) is 32.1 Å². The van der Waals surface area contributed by atoms with E-state index in [1.165, 1.54) is 0 Å². The molecule has 0 aliphatic carbocycles. The fourth-order valence-corrected chi connectivity index (χ4v) is 2.79. The zero-order chi connectivity index (χ0) is 19.6. The fraction of sp³-hybridized carbons (Fsp3) is 0.364. The third-order valence-corrected chi connectivity index (χ3v) is 4.45. The lowest BCUT2D eigenvalue weighted by Crippen LogP contribution is -2.31. The van der Waals surface area contributed by atoms with Gasteiger partial charge in [0.1, 0.15) is 0 Å². The van der Waals surface area contributed by atoms with Gasteiger partial charge in [-0.15, -0.1) is 0 Å². The van der Waals surface area contributed by atoms with Crippen LogP contribution in [0.5, 0.6) is 0 Å². The maximum Gasteiger partial charge on any atom is 0.251 e. The highest BCUT2D eigenvalue weighted by atomic mass is 16.2. The number of carbonyl (C=O) groups is 2. The normalized spacial score (nSPS) is 10.3. The molecule has 0 aliphatic heterocycles. The van der Waals surface area contributed by atoms with Crippen LogP contribution in [0.2, 0.25) is 0 Å². The van der Waals surface area contributed by atoms with Gasteiger partial charge in [0.2, 0.25) is 5.91 Å². The smallest absolute Gasteiger partial charge is 0.251 e. The second-order valence-corrected chi connectivity index (χ2v) is 6.69. The lowest BCUT2D eigenvalue weighted by Gasteiger charge is -2.22. The number of amides is 2. The lowest BCUT2D eigenvalue weighted by molar-refractivity contribution is -0.131. The third-order valence-electron chi connectivity index (χ3n) is 4.45. The molecule has 0 spiro atoms.